The van der Waals surface area contributed by atoms with E-state index >= 15 is 0 Å². The van der Waals surface area contributed by atoms with Gasteiger partial charge in [0.15, 0.2) is 0 Å². The SMILES string of the molecule is N[C@@H](CC1=CCC(O)(CC(=O)O)C=C1)C(=O)O. The van der Waals surface area contributed by atoms with E-state index in [-0.39, 0.29) is 19.3 Å². The van der Waals surface area contributed by atoms with Crippen LogP contribution in [0.25, 0.3) is 0 Å². The predicted molar refractivity (Wildman–Crippen MR) is 59.3 cm³/mol. The fraction of sp³-hybridized carbons (Fsp3) is 0.455. The highest BCUT2D eigenvalue weighted by atomic mass is 16.4. The highest BCUT2D eigenvalue weighted by Crippen LogP contribution is 2.25. The van der Waals surface area contributed by atoms with Gasteiger partial charge in [0.2, 0.25) is 0 Å². The van der Waals surface area contributed by atoms with E-state index in [1.54, 1.807) is 6.08 Å². The van der Waals surface area contributed by atoms with Gasteiger partial charge in [-0.05, 0) is 18.4 Å². The van der Waals surface area contributed by atoms with E-state index in [2.05, 4.69) is 0 Å². The van der Waals surface area contributed by atoms with Crippen molar-refractivity contribution in [1.82, 2.24) is 0 Å². The molecule has 0 saturated heterocycles. The predicted octanol–water partition coefficient (Wildman–Crippen LogP) is -0.119. The summed E-state index contributed by atoms with van der Waals surface area (Å²) in [4.78, 5) is 21.1. The number of hydrogen-bond donors (Lipinski definition) is 4. The second kappa shape index (κ2) is 5.11. The van der Waals surface area contributed by atoms with Crippen LogP contribution in [-0.4, -0.2) is 38.9 Å². The van der Waals surface area contributed by atoms with Crippen LogP contribution in [0, 0.1) is 0 Å². The molecule has 6 nitrogen and oxygen atoms in total. The van der Waals surface area contributed by atoms with E-state index < -0.39 is 23.6 Å². The van der Waals surface area contributed by atoms with E-state index in [9.17, 15) is 14.7 Å². The zero-order valence-corrected chi connectivity index (χ0v) is 9.17. The summed E-state index contributed by atoms with van der Waals surface area (Å²) in [6.45, 7) is 0. The van der Waals surface area contributed by atoms with Crippen molar-refractivity contribution in [3.05, 3.63) is 23.8 Å². The third-order valence-electron chi connectivity index (χ3n) is 2.56. The van der Waals surface area contributed by atoms with E-state index in [1.807, 2.05) is 0 Å². The molecule has 94 valence electrons. The summed E-state index contributed by atoms with van der Waals surface area (Å²) in [5.74, 6) is -2.18. The highest BCUT2D eigenvalue weighted by Gasteiger charge is 2.28. The lowest BCUT2D eigenvalue weighted by Gasteiger charge is -2.25. The molecule has 0 bridgehead atoms. The molecule has 1 aliphatic rings. The van der Waals surface area contributed by atoms with Crippen molar-refractivity contribution in [3.8, 4) is 0 Å². The van der Waals surface area contributed by atoms with Crippen LogP contribution in [0.1, 0.15) is 19.3 Å². The van der Waals surface area contributed by atoms with Crippen LogP contribution in [0.5, 0.6) is 0 Å². The van der Waals surface area contributed by atoms with E-state index in [0.717, 1.165) is 0 Å². The minimum absolute atomic E-state index is 0.150. The Morgan fingerprint density at radius 2 is 2.12 bits per heavy atom. The number of hydrogen-bond acceptors (Lipinski definition) is 4. The Kier molecular flexibility index (Phi) is 4.03. The van der Waals surface area contributed by atoms with Gasteiger partial charge in [-0.2, -0.15) is 0 Å². The van der Waals surface area contributed by atoms with Crippen molar-refractivity contribution in [2.75, 3.05) is 0 Å². The molecule has 5 N–H and O–H groups in total. The first kappa shape index (κ1) is 13.4. The Morgan fingerprint density at radius 3 is 2.53 bits per heavy atom. The van der Waals surface area contributed by atoms with Gasteiger partial charge >= 0.3 is 11.9 Å². The molecule has 2 atom stereocenters. The van der Waals surface area contributed by atoms with Gasteiger partial charge in [0.1, 0.15) is 6.04 Å². The minimum Gasteiger partial charge on any atom is -0.481 e. The summed E-state index contributed by atoms with van der Waals surface area (Å²) in [5.41, 5.74) is 4.67. The van der Waals surface area contributed by atoms with Crippen molar-refractivity contribution in [3.63, 3.8) is 0 Å². The van der Waals surface area contributed by atoms with Gasteiger partial charge in [0.25, 0.3) is 0 Å². The van der Waals surface area contributed by atoms with Crippen LogP contribution in [0.4, 0.5) is 0 Å². The fourth-order valence-electron chi connectivity index (χ4n) is 1.59. The number of allylic oxidation sites excluding steroid dienone is 1. The third kappa shape index (κ3) is 4.01. The lowest BCUT2D eigenvalue weighted by Crippen LogP contribution is -2.32. The molecule has 0 spiro atoms. The molecule has 0 fully saturated rings. The Labute approximate surface area is 98.0 Å². The summed E-state index contributed by atoms with van der Waals surface area (Å²) < 4.78 is 0. The molecule has 6 heteroatoms. The van der Waals surface area contributed by atoms with Crippen molar-refractivity contribution >= 4 is 11.9 Å². The first-order chi connectivity index (χ1) is 7.82. The van der Waals surface area contributed by atoms with Gasteiger partial charge in [-0.25, -0.2) is 0 Å². The van der Waals surface area contributed by atoms with Gasteiger partial charge in [-0.3, -0.25) is 9.59 Å². The fourth-order valence-corrected chi connectivity index (χ4v) is 1.59. The molecule has 1 aliphatic carbocycles. The highest BCUT2D eigenvalue weighted by molar-refractivity contribution is 5.73. The molecule has 0 aromatic heterocycles. The van der Waals surface area contributed by atoms with Gasteiger partial charge < -0.3 is 21.1 Å². The molecule has 0 aromatic rings. The van der Waals surface area contributed by atoms with Gasteiger partial charge in [0.05, 0.1) is 12.0 Å². The average molecular weight is 241 g/mol. The van der Waals surface area contributed by atoms with Crippen LogP contribution in [0.15, 0.2) is 23.8 Å². The molecule has 1 rings (SSSR count). The summed E-state index contributed by atoms with van der Waals surface area (Å²) >= 11 is 0. The zero-order valence-electron chi connectivity index (χ0n) is 9.17. The van der Waals surface area contributed by atoms with Crippen LogP contribution in [0.3, 0.4) is 0 Å². The first-order valence-electron chi connectivity index (χ1n) is 5.13. The molecule has 0 aromatic carbocycles. The maximum atomic E-state index is 10.5. The minimum atomic E-state index is -1.39. The molecular weight excluding hydrogens is 226 g/mol. The number of carboxylic acid groups (broad SMARTS) is 2. The number of carbonyl (C=O) groups is 2. The van der Waals surface area contributed by atoms with E-state index in [4.69, 9.17) is 15.9 Å². The second-order valence-electron chi connectivity index (χ2n) is 4.14. The molecule has 0 heterocycles. The molecule has 0 amide bonds. The molecule has 0 aliphatic heterocycles. The molecule has 17 heavy (non-hydrogen) atoms. The molecule has 0 saturated carbocycles. The number of rotatable bonds is 5. The largest absolute Gasteiger partial charge is 0.481 e. The number of carboxylic acids is 2. The Balaban J connectivity index is 2.59. The second-order valence-corrected chi connectivity index (χ2v) is 4.14. The quantitative estimate of drug-likeness (QED) is 0.532. The molecule has 0 radical (unpaired) electrons. The number of aliphatic hydroxyl groups is 1. The van der Waals surface area contributed by atoms with E-state index in [0.29, 0.717) is 5.57 Å². The van der Waals surface area contributed by atoms with Crippen molar-refractivity contribution in [2.45, 2.75) is 30.9 Å². The Morgan fingerprint density at radius 1 is 1.47 bits per heavy atom. The standard InChI is InChI=1S/C11H15NO5/c12-8(10(15)16)5-7-1-3-11(17,4-2-7)6-9(13)14/h1-3,8,17H,4-6,12H2,(H,13,14)(H,15,16)/t8-,11?/m0/s1. The van der Waals surface area contributed by atoms with Crippen molar-refractivity contribution < 1.29 is 24.9 Å². The van der Waals surface area contributed by atoms with Gasteiger partial charge in [-0.1, -0.05) is 18.2 Å². The number of nitrogens with two attached hydrogens (primary N) is 1. The molecular formula is C11H15NO5. The topological polar surface area (TPSA) is 121 Å². The van der Waals surface area contributed by atoms with Crippen molar-refractivity contribution in [2.24, 2.45) is 5.73 Å². The lowest BCUT2D eigenvalue weighted by molar-refractivity contribution is -0.141. The third-order valence-corrected chi connectivity index (χ3v) is 2.56. The van der Waals surface area contributed by atoms with Gasteiger partial charge in [0, 0.05) is 0 Å². The lowest BCUT2D eigenvalue weighted by atomic mass is 9.87. The van der Waals surface area contributed by atoms with Crippen LogP contribution < -0.4 is 5.73 Å². The summed E-state index contributed by atoms with van der Waals surface area (Å²) in [7, 11) is 0. The number of aliphatic carboxylic acids is 2. The zero-order chi connectivity index (χ0) is 13.1. The van der Waals surface area contributed by atoms with Crippen LogP contribution in [-0.2, 0) is 9.59 Å². The summed E-state index contributed by atoms with van der Waals surface area (Å²) in [5, 5.41) is 27.1. The maximum Gasteiger partial charge on any atom is 0.320 e. The average Bonchev–Trinajstić information content (AvgIpc) is 2.20. The van der Waals surface area contributed by atoms with Crippen molar-refractivity contribution in [1.29, 1.82) is 0 Å². The van der Waals surface area contributed by atoms with Crippen LogP contribution in [0.2, 0.25) is 0 Å². The smallest absolute Gasteiger partial charge is 0.320 e. The summed E-state index contributed by atoms with van der Waals surface area (Å²) in [6.07, 6.45) is 4.46. The maximum absolute atomic E-state index is 10.5. The Hall–Kier alpha value is -1.66. The van der Waals surface area contributed by atoms with E-state index in [1.165, 1.54) is 12.2 Å². The summed E-state index contributed by atoms with van der Waals surface area (Å²) in [6, 6.07) is -0.989. The van der Waals surface area contributed by atoms with Crippen LogP contribution >= 0.6 is 0 Å². The van der Waals surface area contributed by atoms with Gasteiger partial charge in [-0.15, -0.1) is 0 Å². The normalized spacial score (nSPS) is 25.2. The molecule has 1 unspecified atom stereocenters. The monoisotopic (exact) mass is 241 g/mol. The Bertz CT molecular complexity index is 387. The first-order valence-corrected chi connectivity index (χ1v) is 5.13.